The predicted molar refractivity (Wildman–Crippen MR) is 91.8 cm³/mol. The fraction of sp³-hybridized carbons (Fsp3) is 0.765. The zero-order valence-electron chi connectivity index (χ0n) is 14.6. The lowest BCUT2D eigenvalue weighted by molar-refractivity contribution is 0.0936. The average molecular weight is 335 g/mol. The van der Waals surface area contributed by atoms with Gasteiger partial charge in [0.05, 0.1) is 12.3 Å². The summed E-state index contributed by atoms with van der Waals surface area (Å²) in [6.07, 6.45) is 3.59. The highest BCUT2D eigenvalue weighted by atomic mass is 16.3. The molecule has 24 heavy (non-hydrogen) atoms. The van der Waals surface area contributed by atoms with E-state index >= 15 is 0 Å². The van der Waals surface area contributed by atoms with E-state index in [4.69, 9.17) is 5.11 Å². The number of amides is 1. The maximum Gasteiger partial charge on any atom is 0.271 e. The number of aryl methyl sites for hydroxylation is 1. The van der Waals surface area contributed by atoms with Crippen molar-refractivity contribution in [3.8, 4) is 0 Å². The minimum absolute atomic E-state index is 0.0529. The van der Waals surface area contributed by atoms with Crippen LogP contribution in [0.1, 0.15) is 42.4 Å². The molecule has 1 amide bonds. The van der Waals surface area contributed by atoms with Gasteiger partial charge in [0, 0.05) is 38.8 Å². The molecule has 0 spiro atoms. The lowest BCUT2D eigenvalue weighted by Gasteiger charge is -2.38. The Labute approximate surface area is 143 Å². The molecule has 0 radical (unpaired) electrons. The third-order valence-corrected chi connectivity index (χ3v) is 5.12. The van der Waals surface area contributed by atoms with Crippen molar-refractivity contribution in [3.63, 3.8) is 0 Å². The molecule has 2 aliphatic rings. The summed E-state index contributed by atoms with van der Waals surface area (Å²) in [7, 11) is 0. The maximum atomic E-state index is 12.1. The number of carbonyl (C=O) groups excluding carboxylic acids is 1. The number of likely N-dealkylation sites (N-methyl/N-ethyl adjacent to an activating group) is 1. The third-order valence-electron chi connectivity index (χ3n) is 5.12. The van der Waals surface area contributed by atoms with Crippen molar-refractivity contribution in [2.75, 3.05) is 39.3 Å². The van der Waals surface area contributed by atoms with E-state index in [1.807, 2.05) is 10.7 Å². The van der Waals surface area contributed by atoms with Gasteiger partial charge in [0.2, 0.25) is 0 Å². The van der Waals surface area contributed by atoms with Gasteiger partial charge in [-0.15, -0.1) is 0 Å². The Hall–Kier alpha value is -1.44. The topological polar surface area (TPSA) is 73.6 Å². The van der Waals surface area contributed by atoms with E-state index in [-0.39, 0.29) is 19.1 Å². The van der Waals surface area contributed by atoms with E-state index in [1.54, 1.807) is 0 Å². The molecule has 2 aliphatic heterocycles. The van der Waals surface area contributed by atoms with Gasteiger partial charge >= 0.3 is 0 Å². The minimum Gasteiger partial charge on any atom is -0.395 e. The van der Waals surface area contributed by atoms with E-state index in [2.05, 4.69) is 27.1 Å². The van der Waals surface area contributed by atoms with Crippen molar-refractivity contribution < 1.29 is 9.90 Å². The fourth-order valence-corrected chi connectivity index (χ4v) is 3.79. The number of hydrogen-bond acceptors (Lipinski definition) is 5. The molecule has 1 unspecified atom stereocenters. The summed E-state index contributed by atoms with van der Waals surface area (Å²) in [4.78, 5) is 17.2. The van der Waals surface area contributed by atoms with Crippen LogP contribution < -0.4 is 5.32 Å². The van der Waals surface area contributed by atoms with E-state index in [1.165, 1.54) is 19.4 Å². The Morgan fingerprint density at radius 1 is 1.38 bits per heavy atom. The van der Waals surface area contributed by atoms with Crippen molar-refractivity contribution in [3.05, 3.63) is 17.5 Å². The van der Waals surface area contributed by atoms with Gasteiger partial charge in [0.1, 0.15) is 5.69 Å². The lowest BCUT2D eigenvalue weighted by Crippen LogP contribution is -2.47. The van der Waals surface area contributed by atoms with Crippen LogP contribution >= 0.6 is 0 Å². The largest absolute Gasteiger partial charge is 0.395 e. The molecule has 0 aliphatic carbocycles. The smallest absolute Gasteiger partial charge is 0.271 e. The average Bonchev–Trinajstić information content (AvgIpc) is 2.91. The summed E-state index contributed by atoms with van der Waals surface area (Å²) in [6.45, 7) is 8.76. The Morgan fingerprint density at radius 2 is 2.25 bits per heavy atom. The number of carbonyl (C=O) groups is 1. The van der Waals surface area contributed by atoms with Gasteiger partial charge in [-0.05, 0) is 38.4 Å². The second-order valence-electron chi connectivity index (χ2n) is 6.74. The molecule has 7 heteroatoms. The van der Waals surface area contributed by atoms with Crippen LogP contribution in [0.5, 0.6) is 0 Å². The summed E-state index contributed by atoms with van der Waals surface area (Å²) in [5, 5.41) is 16.0. The van der Waals surface area contributed by atoms with Gasteiger partial charge in [-0.2, -0.15) is 5.10 Å². The molecular formula is C17H29N5O2. The van der Waals surface area contributed by atoms with Crippen molar-refractivity contribution in [2.45, 2.75) is 45.3 Å². The molecule has 1 aromatic rings. The fourth-order valence-electron chi connectivity index (χ4n) is 3.79. The molecular weight excluding hydrogens is 306 g/mol. The van der Waals surface area contributed by atoms with Gasteiger partial charge in [0.25, 0.3) is 5.91 Å². The monoisotopic (exact) mass is 335 g/mol. The SMILES string of the molecule is CCN1CCCC(N2CCCn3nc(C(=O)NCCO)cc3C2)C1. The first kappa shape index (κ1) is 17.4. The van der Waals surface area contributed by atoms with Crippen LogP contribution in [-0.2, 0) is 13.1 Å². The van der Waals surface area contributed by atoms with E-state index in [0.717, 1.165) is 44.8 Å². The Morgan fingerprint density at radius 3 is 3.04 bits per heavy atom. The van der Waals surface area contributed by atoms with Crippen LogP contribution in [0.15, 0.2) is 6.07 Å². The van der Waals surface area contributed by atoms with Crippen LogP contribution in [0, 0.1) is 0 Å². The van der Waals surface area contributed by atoms with Gasteiger partial charge in [-0.1, -0.05) is 6.92 Å². The summed E-state index contributed by atoms with van der Waals surface area (Å²) in [6, 6.07) is 2.51. The maximum absolute atomic E-state index is 12.1. The van der Waals surface area contributed by atoms with Crippen LogP contribution in [0.3, 0.4) is 0 Å². The molecule has 3 rings (SSSR count). The summed E-state index contributed by atoms with van der Waals surface area (Å²) in [5.74, 6) is -0.203. The number of fused-ring (bicyclic) bond motifs is 1. The third kappa shape index (κ3) is 3.96. The van der Waals surface area contributed by atoms with E-state index in [9.17, 15) is 4.79 Å². The summed E-state index contributed by atoms with van der Waals surface area (Å²) >= 11 is 0. The van der Waals surface area contributed by atoms with Crippen LogP contribution in [-0.4, -0.2) is 76.0 Å². The minimum atomic E-state index is -0.203. The van der Waals surface area contributed by atoms with Crippen molar-refractivity contribution in [1.29, 1.82) is 0 Å². The molecule has 0 aromatic carbocycles. The van der Waals surface area contributed by atoms with Gasteiger partial charge in [-0.25, -0.2) is 0 Å². The molecule has 7 nitrogen and oxygen atoms in total. The highest BCUT2D eigenvalue weighted by molar-refractivity contribution is 5.92. The number of nitrogens with one attached hydrogen (secondary N) is 1. The predicted octanol–water partition coefficient (Wildman–Crippen LogP) is 0.295. The number of aromatic nitrogens is 2. The normalized spacial score (nSPS) is 22.8. The summed E-state index contributed by atoms with van der Waals surface area (Å²) < 4.78 is 1.98. The first-order valence-corrected chi connectivity index (χ1v) is 9.13. The first-order valence-electron chi connectivity index (χ1n) is 9.13. The number of nitrogens with zero attached hydrogens (tertiary/aromatic N) is 4. The van der Waals surface area contributed by atoms with Crippen molar-refractivity contribution in [2.24, 2.45) is 0 Å². The van der Waals surface area contributed by atoms with Crippen LogP contribution in [0.4, 0.5) is 0 Å². The van der Waals surface area contributed by atoms with E-state index < -0.39 is 0 Å². The van der Waals surface area contributed by atoms with Crippen molar-refractivity contribution >= 4 is 5.91 Å². The number of aliphatic hydroxyl groups is 1. The highest BCUT2D eigenvalue weighted by Crippen LogP contribution is 2.21. The van der Waals surface area contributed by atoms with Crippen LogP contribution in [0.2, 0.25) is 0 Å². The van der Waals surface area contributed by atoms with Gasteiger partial charge < -0.3 is 15.3 Å². The molecule has 134 valence electrons. The standard InChI is InChI=1S/C17H29N5O2/c1-2-20-7-3-5-14(12-20)21-8-4-9-22-15(13-21)11-16(19-22)17(24)18-6-10-23/h11,14,23H,2-10,12-13H2,1H3,(H,18,24). The number of piperidine rings is 1. The number of rotatable bonds is 5. The number of hydrogen-bond donors (Lipinski definition) is 2. The van der Waals surface area contributed by atoms with E-state index in [0.29, 0.717) is 11.7 Å². The molecule has 2 N–H and O–H groups in total. The van der Waals surface area contributed by atoms with Gasteiger partial charge in [0.15, 0.2) is 0 Å². The Bertz CT molecular complexity index is 559. The molecule has 1 aromatic heterocycles. The van der Waals surface area contributed by atoms with Crippen molar-refractivity contribution in [1.82, 2.24) is 24.9 Å². The molecule has 0 saturated carbocycles. The molecule has 1 fully saturated rings. The second-order valence-corrected chi connectivity index (χ2v) is 6.74. The quantitative estimate of drug-likeness (QED) is 0.809. The summed E-state index contributed by atoms with van der Waals surface area (Å²) in [5.41, 5.74) is 1.58. The molecule has 3 heterocycles. The zero-order valence-corrected chi connectivity index (χ0v) is 14.6. The zero-order chi connectivity index (χ0) is 16.9. The second kappa shape index (κ2) is 8.09. The Balaban J connectivity index is 1.68. The van der Waals surface area contributed by atoms with Gasteiger partial charge in [-0.3, -0.25) is 14.4 Å². The first-order chi connectivity index (χ1) is 11.7. The van der Waals surface area contributed by atoms with Crippen LogP contribution in [0.25, 0.3) is 0 Å². The number of aliphatic hydroxyl groups excluding tert-OH is 1. The number of likely N-dealkylation sites (tertiary alicyclic amines) is 1. The molecule has 1 atom stereocenters. The highest BCUT2D eigenvalue weighted by Gasteiger charge is 2.27. The molecule has 1 saturated heterocycles. The lowest BCUT2D eigenvalue weighted by atomic mass is 10.0. The Kier molecular flexibility index (Phi) is 5.86. The molecule has 0 bridgehead atoms.